The van der Waals surface area contributed by atoms with Gasteiger partial charge < -0.3 is 19.3 Å². The van der Waals surface area contributed by atoms with Crippen LogP contribution >= 0.6 is 11.8 Å². The van der Waals surface area contributed by atoms with Crippen molar-refractivity contribution in [3.63, 3.8) is 0 Å². The summed E-state index contributed by atoms with van der Waals surface area (Å²) < 4.78 is 17.2. The van der Waals surface area contributed by atoms with Crippen molar-refractivity contribution < 1.29 is 19.3 Å². The highest BCUT2D eigenvalue weighted by Crippen LogP contribution is 2.65. The van der Waals surface area contributed by atoms with E-state index in [1.54, 1.807) is 33.1 Å². The van der Waals surface area contributed by atoms with E-state index in [1.807, 2.05) is 24.3 Å². The average molecular weight is 569 g/mol. The van der Waals surface area contributed by atoms with Gasteiger partial charge in [0, 0.05) is 32.9 Å². The first-order valence-electron chi connectivity index (χ1n) is 14.3. The molecule has 2 aliphatic rings. The molecule has 0 bridgehead atoms. The van der Waals surface area contributed by atoms with E-state index in [4.69, 9.17) is 14.2 Å². The van der Waals surface area contributed by atoms with Crippen molar-refractivity contribution in [1.82, 2.24) is 0 Å². The molecule has 41 heavy (non-hydrogen) atoms. The van der Waals surface area contributed by atoms with E-state index < -0.39 is 0 Å². The maximum absolute atomic E-state index is 11.6. The summed E-state index contributed by atoms with van der Waals surface area (Å²) in [4.78, 5) is 1.27. The molecule has 4 aromatic rings. The molecular weight excluding hydrogens is 528 g/mol. The third kappa shape index (κ3) is 4.35. The summed E-state index contributed by atoms with van der Waals surface area (Å²) in [7, 11) is 5.00. The van der Waals surface area contributed by atoms with Crippen molar-refractivity contribution in [3.05, 3.63) is 65.7 Å². The van der Waals surface area contributed by atoms with Crippen LogP contribution in [0.2, 0.25) is 0 Å². The van der Waals surface area contributed by atoms with Crippen LogP contribution in [-0.2, 0) is 5.41 Å². The van der Waals surface area contributed by atoms with Crippen LogP contribution in [0.15, 0.2) is 59.5 Å². The van der Waals surface area contributed by atoms with Crippen molar-refractivity contribution in [1.29, 1.82) is 0 Å². The summed E-state index contributed by atoms with van der Waals surface area (Å²) in [5, 5.41) is 13.5. The van der Waals surface area contributed by atoms with Gasteiger partial charge in [-0.15, -0.1) is 11.8 Å². The monoisotopic (exact) mass is 568 g/mol. The second-order valence-electron chi connectivity index (χ2n) is 13.3. The zero-order valence-electron chi connectivity index (χ0n) is 25.4. The smallest absolute Gasteiger partial charge is 0.130 e. The number of hydrogen-bond acceptors (Lipinski definition) is 5. The molecule has 4 nitrogen and oxygen atoms in total. The molecule has 1 saturated carbocycles. The van der Waals surface area contributed by atoms with Gasteiger partial charge in [-0.3, -0.25) is 0 Å². The standard InChI is InChI=1S/C36H40O4S/c1-34(2)18-35(3,4)20-36(19-34)28-14-22(41-8)10-12-24(28)33-27-15-26(23-11-9-21(38-5)13-31(23)39-6)32(40-7)16-25(27)30(37)17-29(33)36/h9-17,37H,18-20H2,1-8H3. The van der Waals surface area contributed by atoms with Crippen LogP contribution in [0.5, 0.6) is 23.0 Å². The highest BCUT2D eigenvalue weighted by atomic mass is 32.2. The van der Waals surface area contributed by atoms with Crippen LogP contribution in [0, 0.1) is 10.8 Å². The average Bonchev–Trinajstić information content (AvgIpc) is 3.17. The lowest BCUT2D eigenvalue weighted by Gasteiger charge is -2.51. The van der Waals surface area contributed by atoms with Crippen molar-refractivity contribution in [3.8, 4) is 45.3 Å². The summed E-state index contributed by atoms with van der Waals surface area (Å²) in [5.41, 5.74) is 7.10. The molecule has 6 rings (SSSR count). The molecule has 214 valence electrons. The Labute approximate surface area is 248 Å². The van der Waals surface area contributed by atoms with Gasteiger partial charge >= 0.3 is 0 Å². The van der Waals surface area contributed by atoms with Gasteiger partial charge in [0.15, 0.2) is 0 Å². The van der Waals surface area contributed by atoms with E-state index in [-0.39, 0.29) is 16.2 Å². The number of rotatable bonds is 5. The molecular formula is C36H40O4S. The first-order valence-corrected chi connectivity index (χ1v) is 15.5. The Kier molecular flexibility index (Phi) is 6.53. The Hall–Kier alpha value is -3.31. The van der Waals surface area contributed by atoms with Gasteiger partial charge in [-0.25, -0.2) is 0 Å². The normalized spacial score (nSPS) is 17.8. The molecule has 1 fully saturated rings. The van der Waals surface area contributed by atoms with E-state index >= 15 is 0 Å². The van der Waals surface area contributed by atoms with Crippen LogP contribution in [0.1, 0.15) is 58.1 Å². The fraction of sp³-hybridized carbons (Fsp3) is 0.389. The summed E-state index contributed by atoms with van der Waals surface area (Å²) in [6.07, 6.45) is 5.41. The molecule has 1 spiro atoms. The molecule has 4 aromatic carbocycles. The number of benzene rings is 4. The molecule has 2 aliphatic carbocycles. The number of aromatic hydroxyl groups is 1. The number of fused-ring (bicyclic) bond motifs is 7. The van der Waals surface area contributed by atoms with E-state index in [0.29, 0.717) is 17.2 Å². The van der Waals surface area contributed by atoms with E-state index in [1.165, 1.54) is 33.6 Å². The first-order chi connectivity index (χ1) is 19.5. The minimum atomic E-state index is -0.175. The summed E-state index contributed by atoms with van der Waals surface area (Å²) in [5.74, 6) is 2.41. The van der Waals surface area contributed by atoms with Crippen molar-refractivity contribution in [2.24, 2.45) is 10.8 Å². The molecule has 0 unspecified atom stereocenters. The highest BCUT2D eigenvalue weighted by Gasteiger charge is 2.53. The van der Waals surface area contributed by atoms with E-state index in [9.17, 15) is 5.11 Å². The summed E-state index contributed by atoms with van der Waals surface area (Å²) >= 11 is 1.79. The lowest BCUT2D eigenvalue weighted by Crippen LogP contribution is -2.43. The molecule has 5 heteroatoms. The predicted molar refractivity (Wildman–Crippen MR) is 170 cm³/mol. The number of methoxy groups -OCH3 is 3. The molecule has 0 saturated heterocycles. The quantitative estimate of drug-likeness (QED) is 0.243. The summed E-state index contributed by atoms with van der Waals surface area (Å²) in [6.45, 7) is 9.63. The van der Waals surface area contributed by atoms with Crippen molar-refractivity contribution in [2.45, 2.75) is 57.3 Å². The van der Waals surface area contributed by atoms with Crippen molar-refractivity contribution >= 4 is 22.5 Å². The Morgan fingerprint density at radius 2 is 1.32 bits per heavy atom. The van der Waals surface area contributed by atoms with Gasteiger partial charge in [0.05, 0.1) is 21.3 Å². The Balaban J connectivity index is 1.71. The fourth-order valence-electron chi connectivity index (χ4n) is 8.41. The molecule has 0 amide bonds. The zero-order chi connectivity index (χ0) is 29.3. The second kappa shape index (κ2) is 9.62. The SMILES string of the molecule is COc1ccc(-c2cc3c4c(cc(O)c3cc2OC)C2(CC(C)(C)CC(C)(C)C2)c2cc(SC)ccc2-4)c(OC)c1. The third-order valence-corrected chi connectivity index (χ3v) is 9.90. The number of hydrogen-bond donors (Lipinski definition) is 1. The van der Waals surface area contributed by atoms with E-state index in [2.05, 4.69) is 64.3 Å². The van der Waals surface area contributed by atoms with Crippen LogP contribution in [-0.4, -0.2) is 32.7 Å². The maximum atomic E-state index is 11.6. The largest absolute Gasteiger partial charge is 0.507 e. The van der Waals surface area contributed by atoms with Crippen LogP contribution < -0.4 is 14.2 Å². The number of phenols is 1. The summed E-state index contributed by atoms with van der Waals surface area (Å²) in [6, 6.07) is 19.0. The number of thioether (sulfide) groups is 1. The fourth-order valence-corrected chi connectivity index (χ4v) is 8.85. The second-order valence-corrected chi connectivity index (χ2v) is 14.2. The topological polar surface area (TPSA) is 47.9 Å². The van der Waals surface area contributed by atoms with Gasteiger partial charge in [-0.05, 0) is 106 Å². The molecule has 1 N–H and O–H groups in total. The minimum Gasteiger partial charge on any atom is -0.507 e. The maximum Gasteiger partial charge on any atom is 0.130 e. The lowest BCUT2D eigenvalue weighted by molar-refractivity contribution is 0.0644. The van der Waals surface area contributed by atoms with Gasteiger partial charge in [0.2, 0.25) is 0 Å². The van der Waals surface area contributed by atoms with Crippen LogP contribution in [0.25, 0.3) is 33.0 Å². The number of ether oxygens (including phenoxy) is 3. The van der Waals surface area contributed by atoms with E-state index in [0.717, 1.165) is 40.5 Å². The zero-order valence-corrected chi connectivity index (χ0v) is 26.2. The number of phenolic OH excluding ortho intramolecular Hbond substituents is 1. The molecule has 0 heterocycles. The Morgan fingerprint density at radius 3 is 1.95 bits per heavy atom. The minimum absolute atomic E-state index is 0.155. The molecule has 0 aromatic heterocycles. The lowest BCUT2D eigenvalue weighted by atomic mass is 9.52. The van der Waals surface area contributed by atoms with Gasteiger partial charge in [-0.2, -0.15) is 0 Å². The van der Waals surface area contributed by atoms with Gasteiger partial charge in [0.25, 0.3) is 0 Å². The molecule has 0 atom stereocenters. The predicted octanol–water partition coefficient (Wildman–Crippen LogP) is 9.46. The van der Waals surface area contributed by atoms with Gasteiger partial charge in [-0.1, -0.05) is 33.8 Å². The highest BCUT2D eigenvalue weighted by molar-refractivity contribution is 7.98. The van der Waals surface area contributed by atoms with Crippen molar-refractivity contribution in [2.75, 3.05) is 27.6 Å². The van der Waals surface area contributed by atoms with Gasteiger partial charge in [0.1, 0.15) is 23.0 Å². The van der Waals surface area contributed by atoms with Crippen LogP contribution in [0.3, 0.4) is 0 Å². The Bertz CT molecular complexity index is 1670. The third-order valence-electron chi connectivity index (χ3n) is 9.18. The molecule has 0 aliphatic heterocycles. The Morgan fingerprint density at radius 1 is 0.659 bits per heavy atom. The van der Waals surface area contributed by atoms with Crippen LogP contribution in [0.4, 0.5) is 0 Å². The molecule has 0 radical (unpaired) electrons. The first kappa shape index (κ1) is 27.8.